The van der Waals surface area contributed by atoms with Gasteiger partial charge in [0, 0.05) is 12.1 Å². The molecule has 0 atom stereocenters. The lowest BCUT2D eigenvalue weighted by atomic mass is 10.2. The van der Waals surface area contributed by atoms with Gasteiger partial charge in [0.15, 0.2) is 11.5 Å². The summed E-state index contributed by atoms with van der Waals surface area (Å²) in [6.45, 7) is 0.359. The number of anilines is 2. The number of nitrogens with zero attached hydrogens (tertiary/aromatic N) is 3. The molecule has 1 aliphatic heterocycles. The fraction of sp³-hybridized carbons (Fsp3) is 0.105. The number of carbonyl (C=O) groups excluding carboxylic acids is 1. The smallest absolute Gasteiger partial charge is 0.354 e. The van der Waals surface area contributed by atoms with E-state index in [0.717, 1.165) is 24.0 Å². The van der Waals surface area contributed by atoms with E-state index in [1.54, 1.807) is 18.2 Å². The molecule has 0 aliphatic carbocycles. The molecule has 0 saturated heterocycles. The predicted molar refractivity (Wildman–Crippen MR) is 106 cm³/mol. The van der Waals surface area contributed by atoms with Crippen molar-refractivity contribution in [2.75, 3.05) is 17.5 Å². The Labute approximate surface area is 174 Å². The number of ether oxygens (including phenoxy) is 2. The van der Waals surface area contributed by atoms with Gasteiger partial charge < -0.3 is 14.8 Å². The monoisotopic (exact) mass is 426 g/mol. The Morgan fingerprint density at radius 3 is 2.61 bits per heavy atom. The van der Waals surface area contributed by atoms with E-state index < -0.39 is 22.3 Å². The van der Waals surface area contributed by atoms with Gasteiger partial charge in [-0.2, -0.15) is 0 Å². The first kappa shape index (κ1) is 19.8. The quantitative estimate of drug-likeness (QED) is 0.384. The van der Waals surface area contributed by atoms with Crippen molar-refractivity contribution in [3.05, 3.63) is 75.9 Å². The largest absolute Gasteiger partial charge is 0.454 e. The maximum absolute atomic E-state index is 13.0. The Kier molecular flexibility index (Phi) is 5.43. The minimum absolute atomic E-state index is 0.0452. The van der Waals surface area contributed by atoms with Gasteiger partial charge in [0.2, 0.25) is 18.4 Å². The number of nitrogens with one attached hydrogen (secondary N) is 3. The van der Waals surface area contributed by atoms with Crippen LogP contribution in [0.1, 0.15) is 15.9 Å². The lowest BCUT2D eigenvalue weighted by molar-refractivity contribution is -0.383. The Morgan fingerprint density at radius 1 is 1.10 bits per heavy atom. The number of nitro groups is 1. The van der Waals surface area contributed by atoms with Crippen molar-refractivity contribution in [1.29, 1.82) is 0 Å². The number of hydrogen-bond acceptors (Lipinski definition) is 9. The maximum Gasteiger partial charge on any atom is 0.354 e. The van der Waals surface area contributed by atoms with Crippen LogP contribution in [-0.4, -0.2) is 27.6 Å². The number of halogens is 1. The molecule has 0 bridgehead atoms. The molecule has 3 aromatic rings. The first-order chi connectivity index (χ1) is 15.0. The topological polar surface area (TPSA) is 141 Å². The molecule has 0 radical (unpaired) electrons. The molecule has 12 heteroatoms. The molecule has 31 heavy (non-hydrogen) atoms. The van der Waals surface area contributed by atoms with Gasteiger partial charge in [0.1, 0.15) is 12.1 Å². The molecule has 1 amide bonds. The van der Waals surface area contributed by atoms with Crippen molar-refractivity contribution in [3.63, 3.8) is 0 Å². The molecule has 1 aromatic heterocycles. The van der Waals surface area contributed by atoms with Crippen LogP contribution >= 0.6 is 0 Å². The van der Waals surface area contributed by atoms with Gasteiger partial charge in [-0.15, -0.1) is 0 Å². The number of fused-ring (bicyclic) bond motifs is 1. The van der Waals surface area contributed by atoms with Crippen molar-refractivity contribution in [2.24, 2.45) is 0 Å². The number of benzene rings is 2. The van der Waals surface area contributed by atoms with Crippen LogP contribution in [0.3, 0.4) is 0 Å². The summed E-state index contributed by atoms with van der Waals surface area (Å²) in [7, 11) is 0. The van der Waals surface area contributed by atoms with E-state index in [2.05, 4.69) is 26.1 Å². The van der Waals surface area contributed by atoms with Gasteiger partial charge in [0.25, 0.3) is 5.91 Å². The van der Waals surface area contributed by atoms with Gasteiger partial charge in [0.05, 0.1) is 4.92 Å². The SMILES string of the molecule is O=C(NNc1ncnc(NCc2ccc3c(c2)OCO3)c1[N+](=O)[O-])c1ccc(F)cc1. The molecule has 0 saturated carbocycles. The molecular formula is C19H15FN6O5. The zero-order chi connectivity index (χ0) is 21.8. The van der Waals surface area contributed by atoms with Crippen LogP contribution in [0.4, 0.5) is 21.7 Å². The second-order valence-corrected chi connectivity index (χ2v) is 6.30. The molecule has 0 fully saturated rings. The van der Waals surface area contributed by atoms with Crippen LogP contribution in [0.15, 0.2) is 48.8 Å². The van der Waals surface area contributed by atoms with E-state index in [4.69, 9.17) is 9.47 Å². The summed E-state index contributed by atoms with van der Waals surface area (Å²) in [6.07, 6.45) is 1.11. The number of rotatable bonds is 7. The van der Waals surface area contributed by atoms with Gasteiger partial charge in [-0.1, -0.05) is 6.07 Å². The third-order valence-electron chi connectivity index (χ3n) is 4.30. The van der Waals surface area contributed by atoms with Crippen LogP contribution in [0.25, 0.3) is 0 Å². The Bertz CT molecular complexity index is 1140. The van der Waals surface area contributed by atoms with Crippen molar-refractivity contribution in [2.45, 2.75) is 6.54 Å². The van der Waals surface area contributed by atoms with Crippen LogP contribution < -0.4 is 25.6 Å². The van der Waals surface area contributed by atoms with Crippen LogP contribution in [0, 0.1) is 15.9 Å². The number of amides is 1. The average molecular weight is 426 g/mol. The molecule has 4 rings (SSSR count). The standard InChI is InChI=1S/C19H15FN6O5/c20-13-4-2-12(3-5-13)19(27)25-24-18-16(26(28)29)17(22-9-23-18)21-8-11-1-6-14-15(7-11)31-10-30-14/h1-7,9H,8,10H2,(H,25,27)(H2,21,22,23,24). The Hall–Kier alpha value is -4.48. The van der Waals surface area contributed by atoms with Crippen molar-refractivity contribution in [3.8, 4) is 11.5 Å². The maximum atomic E-state index is 13.0. The van der Waals surface area contributed by atoms with Crippen LogP contribution in [-0.2, 0) is 6.54 Å². The fourth-order valence-corrected chi connectivity index (χ4v) is 2.80. The Morgan fingerprint density at radius 2 is 1.84 bits per heavy atom. The number of aromatic nitrogens is 2. The second kappa shape index (κ2) is 8.49. The molecule has 0 unspecified atom stereocenters. The molecular weight excluding hydrogens is 411 g/mol. The summed E-state index contributed by atoms with van der Waals surface area (Å²) < 4.78 is 23.6. The zero-order valence-electron chi connectivity index (χ0n) is 15.8. The fourth-order valence-electron chi connectivity index (χ4n) is 2.80. The van der Waals surface area contributed by atoms with Crippen LogP contribution in [0.2, 0.25) is 0 Å². The highest BCUT2D eigenvalue weighted by molar-refractivity contribution is 5.95. The highest BCUT2D eigenvalue weighted by atomic mass is 19.1. The third-order valence-corrected chi connectivity index (χ3v) is 4.30. The van der Waals surface area contributed by atoms with Gasteiger partial charge >= 0.3 is 5.69 Å². The van der Waals surface area contributed by atoms with Gasteiger partial charge in [-0.05, 0) is 42.0 Å². The summed E-state index contributed by atoms with van der Waals surface area (Å²) in [5.41, 5.74) is 5.20. The third kappa shape index (κ3) is 4.42. The molecule has 2 aromatic carbocycles. The van der Waals surface area contributed by atoms with Crippen molar-refractivity contribution >= 4 is 23.2 Å². The number of hydrazine groups is 1. The zero-order valence-corrected chi connectivity index (χ0v) is 15.8. The summed E-state index contributed by atoms with van der Waals surface area (Å²) in [6, 6.07) is 10.1. The molecule has 2 heterocycles. The van der Waals surface area contributed by atoms with Gasteiger partial charge in [-0.3, -0.25) is 25.8 Å². The first-order valence-corrected chi connectivity index (χ1v) is 8.95. The molecule has 0 spiro atoms. The lowest BCUT2D eigenvalue weighted by Crippen LogP contribution is -2.30. The molecule has 158 valence electrons. The second-order valence-electron chi connectivity index (χ2n) is 6.30. The minimum atomic E-state index is -0.672. The van der Waals surface area contributed by atoms with Crippen molar-refractivity contribution in [1.82, 2.24) is 15.4 Å². The summed E-state index contributed by atoms with van der Waals surface area (Å²) in [5, 5.41) is 14.5. The normalized spacial score (nSPS) is 11.6. The summed E-state index contributed by atoms with van der Waals surface area (Å²) >= 11 is 0. The van der Waals surface area contributed by atoms with E-state index in [-0.39, 0.29) is 30.5 Å². The predicted octanol–water partition coefficient (Wildman–Crippen LogP) is 2.62. The molecule has 3 N–H and O–H groups in total. The molecule has 11 nitrogen and oxygen atoms in total. The summed E-state index contributed by atoms with van der Waals surface area (Å²) in [5.74, 6) is -0.167. The lowest BCUT2D eigenvalue weighted by Gasteiger charge is -2.11. The number of carbonyl (C=O) groups is 1. The van der Waals surface area contributed by atoms with Crippen molar-refractivity contribution < 1.29 is 23.6 Å². The van der Waals surface area contributed by atoms with E-state index in [0.29, 0.717) is 11.5 Å². The molecule has 1 aliphatic rings. The van der Waals surface area contributed by atoms with E-state index in [1.807, 2.05) is 0 Å². The first-order valence-electron chi connectivity index (χ1n) is 8.95. The Balaban J connectivity index is 1.47. The van der Waals surface area contributed by atoms with E-state index in [9.17, 15) is 19.3 Å². The van der Waals surface area contributed by atoms with E-state index >= 15 is 0 Å². The van der Waals surface area contributed by atoms with E-state index in [1.165, 1.54) is 12.1 Å². The number of hydrogen-bond donors (Lipinski definition) is 3. The van der Waals surface area contributed by atoms with Crippen LogP contribution in [0.5, 0.6) is 11.5 Å². The van der Waals surface area contributed by atoms with Gasteiger partial charge in [-0.25, -0.2) is 14.4 Å². The highest BCUT2D eigenvalue weighted by Crippen LogP contribution is 2.33. The summed E-state index contributed by atoms with van der Waals surface area (Å²) in [4.78, 5) is 30.9. The minimum Gasteiger partial charge on any atom is -0.454 e. The highest BCUT2D eigenvalue weighted by Gasteiger charge is 2.24. The average Bonchev–Trinajstić information content (AvgIpc) is 3.24.